The molecule has 0 fully saturated rings. The minimum absolute atomic E-state index is 0.0983. The molecule has 2 aromatic carbocycles. The van der Waals surface area contributed by atoms with Crippen LogP contribution >= 0.6 is 15.9 Å². The lowest BCUT2D eigenvalue weighted by Crippen LogP contribution is -2.47. The van der Waals surface area contributed by atoms with E-state index in [1.54, 1.807) is 0 Å². The molecule has 0 radical (unpaired) electrons. The molecule has 0 spiro atoms. The number of benzene rings is 2. The molecule has 0 saturated carbocycles. The van der Waals surface area contributed by atoms with Crippen LogP contribution in [0.1, 0.15) is 11.1 Å². The van der Waals surface area contributed by atoms with E-state index in [0.29, 0.717) is 0 Å². The number of alkyl carbamates (subject to hydrolysis) is 1. The molecule has 28 heavy (non-hydrogen) atoms. The molecule has 2 amide bonds. The number of carbonyl (C=O) groups excluding carboxylic acids is 3. The molecular weight excluding hydrogens is 428 g/mol. The first-order chi connectivity index (χ1) is 13.5. The Morgan fingerprint density at radius 2 is 1.71 bits per heavy atom. The molecule has 2 rings (SSSR count). The molecule has 2 N–H and O–H groups in total. The number of ether oxygens (including phenoxy) is 2. The predicted molar refractivity (Wildman–Crippen MR) is 106 cm³/mol. The maximum absolute atomic E-state index is 12.1. The molecule has 148 valence electrons. The number of hydrogen-bond donors (Lipinski definition) is 2. The first kappa shape index (κ1) is 21.4. The fraction of sp³-hybridized carbons (Fsp3) is 0.250. The second-order valence-electron chi connectivity index (χ2n) is 5.85. The number of rotatable bonds is 8. The largest absolute Gasteiger partial charge is 0.467 e. The molecule has 0 heterocycles. The lowest BCUT2D eigenvalue weighted by molar-refractivity contribution is -0.144. The van der Waals surface area contributed by atoms with Crippen LogP contribution in [0.5, 0.6) is 0 Å². The van der Waals surface area contributed by atoms with Crippen molar-refractivity contribution < 1.29 is 23.9 Å². The summed E-state index contributed by atoms with van der Waals surface area (Å²) in [5, 5.41) is 4.92. The second kappa shape index (κ2) is 11.1. The number of methoxy groups -OCH3 is 1. The van der Waals surface area contributed by atoms with E-state index in [-0.39, 0.29) is 19.6 Å². The van der Waals surface area contributed by atoms with Gasteiger partial charge in [0.2, 0.25) is 5.91 Å². The predicted octanol–water partition coefficient (Wildman–Crippen LogP) is 2.58. The summed E-state index contributed by atoms with van der Waals surface area (Å²) in [4.78, 5) is 35.8. The summed E-state index contributed by atoms with van der Waals surface area (Å²) in [6.07, 6.45) is -0.474. The SMILES string of the molecule is COC(=O)[C@H](Cc1ccccc1Br)NC(=O)CNC(=O)OCc1ccccc1. The van der Waals surface area contributed by atoms with Crippen LogP contribution in [0.25, 0.3) is 0 Å². The van der Waals surface area contributed by atoms with Crippen molar-refractivity contribution in [3.05, 3.63) is 70.2 Å². The fourth-order valence-electron chi connectivity index (χ4n) is 2.39. The van der Waals surface area contributed by atoms with Gasteiger partial charge in [-0.3, -0.25) is 4.79 Å². The maximum Gasteiger partial charge on any atom is 0.407 e. The van der Waals surface area contributed by atoms with Gasteiger partial charge in [-0.25, -0.2) is 9.59 Å². The zero-order valence-electron chi connectivity index (χ0n) is 15.3. The Labute approximate surface area is 171 Å². The van der Waals surface area contributed by atoms with Crippen molar-refractivity contribution in [1.82, 2.24) is 10.6 Å². The highest BCUT2D eigenvalue weighted by Crippen LogP contribution is 2.17. The van der Waals surface area contributed by atoms with E-state index < -0.39 is 24.0 Å². The molecule has 0 saturated heterocycles. The van der Waals surface area contributed by atoms with Crippen LogP contribution in [0.15, 0.2) is 59.1 Å². The van der Waals surface area contributed by atoms with Gasteiger partial charge in [-0.1, -0.05) is 64.5 Å². The molecule has 0 bridgehead atoms. The van der Waals surface area contributed by atoms with Gasteiger partial charge in [0.15, 0.2) is 0 Å². The van der Waals surface area contributed by atoms with Crippen LogP contribution in [0.3, 0.4) is 0 Å². The summed E-state index contributed by atoms with van der Waals surface area (Å²) in [5.41, 5.74) is 1.68. The van der Waals surface area contributed by atoms with Crippen LogP contribution in [0.2, 0.25) is 0 Å². The van der Waals surface area contributed by atoms with Crippen molar-refractivity contribution in [2.75, 3.05) is 13.7 Å². The van der Waals surface area contributed by atoms with E-state index in [0.717, 1.165) is 15.6 Å². The zero-order valence-corrected chi connectivity index (χ0v) is 16.9. The van der Waals surface area contributed by atoms with Gasteiger partial charge < -0.3 is 20.1 Å². The topological polar surface area (TPSA) is 93.7 Å². The van der Waals surface area contributed by atoms with Gasteiger partial charge in [-0.2, -0.15) is 0 Å². The Balaban J connectivity index is 1.83. The van der Waals surface area contributed by atoms with Gasteiger partial charge in [0.05, 0.1) is 7.11 Å². The van der Waals surface area contributed by atoms with Crippen LogP contribution < -0.4 is 10.6 Å². The van der Waals surface area contributed by atoms with E-state index in [4.69, 9.17) is 9.47 Å². The molecular formula is C20H21BrN2O5. The molecule has 1 atom stereocenters. The number of carbonyl (C=O) groups is 3. The van der Waals surface area contributed by atoms with Crippen molar-refractivity contribution in [3.8, 4) is 0 Å². The third-order valence-electron chi connectivity index (χ3n) is 3.81. The number of amides is 2. The van der Waals surface area contributed by atoms with Crippen molar-refractivity contribution in [2.45, 2.75) is 19.1 Å². The molecule has 8 heteroatoms. The highest BCUT2D eigenvalue weighted by Gasteiger charge is 2.23. The molecule has 7 nitrogen and oxygen atoms in total. The van der Waals surface area contributed by atoms with Crippen molar-refractivity contribution in [2.24, 2.45) is 0 Å². The lowest BCUT2D eigenvalue weighted by atomic mass is 10.1. The Morgan fingerprint density at radius 3 is 2.39 bits per heavy atom. The molecule has 0 aliphatic heterocycles. The highest BCUT2D eigenvalue weighted by atomic mass is 79.9. The molecule has 0 unspecified atom stereocenters. The van der Waals surface area contributed by atoms with Crippen LogP contribution in [0.4, 0.5) is 4.79 Å². The Morgan fingerprint density at radius 1 is 1.04 bits per heavy atom. The molecule has 0 aliphatic rings. The first-order valence-corrected chi connectivity index (χ1v) is 9.34. The molecule has 0 aliphatic carbocycles. The fourth-order valence-corrected chi connectivity index (χ4v) is 2.84. The zero-order chi connectivity index (χ0) is 20.4. The second-order valence-corrected chi connectivity index (χ2v) is 6.71. The van der Waals surface area contributed by atoms with Gasteiger partial charge in [-0.15, -0.1) is 0 Å². The van der Waals surface area contributed by atoms with E-state index in [9.17, 15) is 14.4 Å². The summed E-state index contributed by atoms with van der Waals surface area (Å²) in [5.74, 6) is -1.10. The summed E-state index contributed by atoms with van der Waals surface area (Å²) < 4.78 is 10.6. The average molecular weight is 449 g/mol. The van der Waals surface area contributed by atoms with E-state index in [1.807, 2.05) is 54.6 Å². The molecule has 0 aromatic heterocycles. The van der Waals surface area contributed by atoms with Crippen molar-refractivity contribution >= 4 is 33.9 Å². The van der Waals surface area contributed by atoms with Crippen LogP contribution in [-0.4, -0.2) is 37.7 Å². The van der Waals surface area contributed by atoms with Gasteiger partial charge >= 0.3 is 12.1 Å². The highest BCUT2D eigenvalue weighted by molar-refractivity contribution is 9.10. The quantitative estimate of drug-likeness (QED) is 0.605. The van der Waals surface area contributed by atoms with Crippen molar-refractivity contribution in [1.29, 1.82) is 0 Å². The summed E-state index contributed by atoms with van der Waals surface area (Å²) in [6, 6.07) is 15.7. The van der Waals surface area contributed by atoms with E-state index in [1.165, 1.54) is 7.11 Å². The number of halogens is 1. The van der Waals surface area contributed by atoms with Gasteiger partial charge in [0, 0.05) is 10.9 Å². The summed E-state index contributed by atoms with van der Waals surface area (Å²) in [6.45, 7) is -0.224. The third kappa shape index (κ3) is 7.03. The Bertz CT molecular complexity index is 813. The van der Waals surface area contributed by atoms with E-state index in [2.05, 4.69) is 26.6 Å². The summed E-state index contributed by atoms with van der Waals surface area (Å²) in [7, 11) is 1.25. The van der Waals surface area contributed by atoms with Gasteiger partial charge in [0.1, 0.15) is 19.2 Å². The Hall–Kier alpha value is -2.87. The summed E-state index contributed by atoms with van der Waals surface area (Å²) >= 11 is 3.41. The lowest BCUT2D eigenvalue weighted by Gasteiger charge is -2.17. The minimum atomic E-state index is -0.877. The monoisotopic (exact) mass is 448 g/mol. The molecule has 2 aromatic rings. The van der Waals surface area contributed by atoms with Gasteiger partial charge in [0.25, 0.3) is 0 Å². The van der Waals surface area contributed by atoms with Crippen LogP contribution in [0, 0.1) is 0 Å². The Kier molecular flexibility index (Phi) is 8.48. The van der Waals surface area contributed by atoms with E-state index >= 15 is 0 Å². The maximum atomic E-state index is 12.1. The minimum Gasteiger partial charge on any atom is -0.467 e. The number of esters is 1. The van der Waals surface area contributed by atoms with Gasteiger partial charge in [-0.05, 0) is 17.2 Å². The standard InChI is InChI=1S/C20H21BrN2O5/c1-27-19(25)17(11-15-9-5-6-10-16(15)21)23-18(24)12-22-20(26)28-13-14-7-3-2-4-8-14/h2-10,17H,11-13H2,1H3,(H,22,26)(H,23,24)/t17-/m0/s1. The smallest absolute Gasteiger partial charge is 0.407 e. The average Bonchev–Trinajstić information content (AvgIpc) is 2.72. The van der Waals surface area contributed by atoms with Crippen LogP contribution in [-0.2, 0) is 32.1 Å². The first-order valence-electron chi connectivity index (χ1n) is 8.54. The third-order valence-corrected chi connectivity index (χ3v) is 4.58. The number of hydrogen-bond acceptors (Lipinski definition) is 5. The normalized spacial score (nSPS) is 11.2. The number of nitrogens with one attached hydrogen (secondary N) is 2. The van der Waals surface area contributed by atoms with Crippen molar-refractivity contribution in [3.63, 3.8) is 0 Å².